The van der Waals surface area contributed by atoms with Gasteiger partial charge in [0, 0.05) is 32.2 Å². The van der Waals surface area contributed by atoms with Gasteiger partial charge in [-0.3, -0.25) is 4.90 Å². The molecule has 0 radical (unpaired) electrons. The van der Waals surface area contributed by atoms with Crippen molar-refractivity contribution in [3.63, 3.8) is 0 Å². The minimum Gasteiger partial charge on any atom is -0.476 e. The highest BCUT2D eigenvalue weighted by Gasteiger charge is 2.42. The van der Waals surface area contributed by atoms with Crippen molar-refractivity contribution in [2.45, 2.75) is 51.7 Å². The fourth-order valence-corrected chi connectivity index (χ4v) is 6.47. The van der Waals surface area contributed by atoms with Gasteiger partial charge in [0.1, 0.15) is 11.6 Å². The number of para-hydroxylation sites is 1. The van der Waals surface area contributed by atoms with E-state index in [4.69, 9.17) is 19.2 Å². The number of aryl methyl sites for hydroxylation is 1. The number of carbonyl (C=O) groups is 1. The second-order valence-corrected chi connectivity index (χ2v) is 11.8. The number of aromatic nitrogens is 3. The van der Waals surface area contributed by atoms with Crippen LogP contribution in [0.5, 0.6) is 11.5 Å². The van der Waals surface area contributed by atoms with Gasteiger partial charge in [0.25, 0.3) is 5.79 Å². The van der Waals surface area contributed by atoms with Crippen molar-refractivity contribution < 1.29 is 28.5 Å². The molecule has 2 atom stereocenters. The maximum absolute atomic E-state index is 14.9. The number of thiazole rings is 1. The maximum atomic E-state index is 14.9. The molecular weight excluding hydrogens is 547 g/mol. The Morgan fingerprint density at radius 3 is 2.80 bits per heavy atom. The first-order valence-electron chi connectivity index (χ1n) is 13.7. The van der Waals surface area contributed by atoms with E-state index in [9.17, 15) is 14.3 Å². The molecule has 3 aliphatic heterocycles. The smallest absolute Gasteiger partial charge is 0.365 e. The molecule has 7 rings (SSSR count). The molecule has 41 heavy (non-hydrogen) atoms. The second kappa shape index (κ2) is 9.93. The van der Waals surface area contributed by atoms with Crippen molar-refractivity contribution in [2.24, 2.45) is 0 Å². The van der Waals surface area contributed by atoms with Gasteiger partial charge in [0.05, 0.1) is 24.8 Å². The molecule has 0 bridgehead atoms. The highest BCUT2D eigenvalue weighted by atomic mass is 32.1. The number of carboxylic acid groups (broad SMARTS) is 1. The minimum absolute atomic E-state index is 0.0469. The van der Waals surface area contributed by atoms with Crippen molar-refractivity contribution in [1.29, 1.82) is 0 Å². The summed E-state index contributed by atoms with van der Waals surface area (Å²) in [6, 6.07) is 10.9. The van der Waals surface area contributed by atoms with Crippen LogP contribution >= 0.6 is 11.3 Å². The number of aromatic carboxylic acids is 1. The lowest BCUT2D eigenvalue weighted by Gasteiger charge is -2.29. The van der Waals surface area contributed by atoms with Gasteiger partial charge in [0.15, 0.2) is 22.0 Å². The molecule has 11 heteroatoms. The number of carboxylic acids is 1. The molecule has 1 saturated heterocycles. The van der Waals surface area contributed by atoms with Crippen LogP contribution in [0.1, 0.15) is 52.1 Å². The first-order chi connectivity index (χ1) is 19.8. The summed E-state index contributed by atoms with van der Waals surface area (Å²) in [5, 5.41) is 9.44. The summed E-state index contributed by atoms with van der Waals surface area (Å²) >= 11 is 1.10. The van der Waals surface area contributed by atoms with Crippen LogP contribution < -0.4 is 9.47 Å². The Labute approximate surface area is 239 Å². The van der Waals surface area contributed by atoms with E-state index < -0.39 is 11.8 Å². The molecule has 2 aromatic carbocycles. The van der Waals surface area contributed by atoms with Crippen molar-refractivity contribution in [2.75, 3.05) is 19.7 Å². The normalized spacial score (nSPS) is 22.1. The summed E-state index contributed by atoms with van der Waals surface area (Å²) < 4.78 is 35.0. The third-order valence-electron chi connectivity index (χ3n) is 7.95. The molecule has 0 unspecified atom stereocenters. The Hall–Kier alpha value is -3.80. The van der Waals surface area contributed by atoms with Crippen LogP contribution in [0, 0.1) is 12.7 Å². The largest absolute Gasteiger partial charge is 0.476 e. The molecule has 4 aromatic rings. The zero-order chi connectivity index (χ0) is 28.3. The average molecular weight is 577 g/mol. The summed E-state index contributed by atoms with van der Waals surface area (Å²) in [6.45, 7) is 7.06. The predicted octanol–water partition coefficient (Wildman–Crippen LogP) is 5.36. The zero-order valence-electron chi connectivity index (χ0n) is 22.7. The van der Waals surface area contributed by atoms with Crippen LogP contribution in [0.2, 0.25) is 0 Å². The summed E-state index contributed by atoms with van der Waals surface area (Å²) in [5.41, 5.74) is 3.91. The Kier molecular flexibility index (Phi) is 6.33. The lowest BCUT2D eigenvalue weighted by Crippen LogP contribution is -2.34. The highest BCUT2D eigenvalue weighted by molar-refractivity contribution is 7.19. The van der Waals surface area contributed by atoms with Crippen molar-refractivity contribution in [3.05, 3.63) is 75.8 Å². The predicted molar refractivity (Wildman–Crippen MR) is 151 cm³/mol. The van der Waals surface area contributed by atoms with Crippen LogP contribution in [-0.2, 0) is 23.6 Å². The molecule has 0 amide bonds. The number of fused-ring (bicyclic) bond motifs is 2. The molecule has 3 aliphatic rings. The van der Waals surface area contributed by atoms with E-state index in [1.165, 1.54) is 6.07 Å². The molecule has 1 fully saturated rings. The fourth-order valence-electron chi connectivity index (χ4n) is 5.67. The first kappa shape index (κ1) is 26.1. The van der Waals surface area contributed by atoms with Crippen LogP contribution in [-0.4, -0.2) is 56.3 Å². The monoisotopic (exact) mass is 576 g/mol. The van der Waals surface area contributed by atoms with E-state index in [1.807, 2.05) is 35.8 Å². The Morgan fingerprint density at radius 2 is 2.10 bits per heavy atom. The number of rotatable bonds is 7. The van der Waals surface area contributed by atoms with E-state index in [0.29, 0.717) is 47.2 Å². The van der Waals surface area contributed by atoms with Gasteiger partial charge in [-0.05, 0) is 49.1 Å². The van der Waals surface area contributed by atoms with E-state index in [2.05, 4.69) is 16.0 Å². The van der Waals surface area contributed by atoms with Gasteiger partial charge >= 0.3 is 5.97 Å². The standard InChI is InChI=1S/C30H29FN4O5S/c1-17-6-7-21(22(31)14-17)30(2)39-23-5-3-4-20(25(23)40-30)18-8-11-34(12-9-18)16-24-32-27-26(33-28(41-27)29(36)37)35(24)15-19-10-13-38-19/h3-8,14,19H,9-13,15-16H2,1-2H3,(H,36,37)/t19-,30-/m0/s1. The summed E-state index contributed by atoms with van der Waals surface area (Å²) in [5.74, 6) is -0.559. The molecule has 0 aliphatic carbocycles. The topological polar surface area (TPSA) is 98.9 Å². The van der Waals surface area contributed by atoms with Crippen LogP contribution in [0.15, 0.2) is 42.5 Å². The molecule has 0 saturated carbocycles. The van der Waals surface area contributed by atoms with E-state index in [-0.39, 0.29) is 16.9 Å². The number of halogens is 1. The van der Waals surface area contributed by atoms with Crippen molar-refractivity contribution in [3.8, 4) is 11.5 Å². The van der Waals surface area contributed by atoms with Gasteiger partial charge in [-0.25, -0.2) is 19.2 Å². The summed E-state index contributed by atoms with van der Waals surface area (Å²) in [7, 11) is 0. The molecule has 1 N–H and O–H groups in total. The number of hydrogen-bond donors (Lipinski definition) is 1. The molecule has 212 valence electrons. The third-order valence-corrected chi connectivity index (χ3v) is 8.88. The lowest BCUT2D eigenvalue weighted by molar-refractivity contribution is -0.0708. The zero-order valence-corrected chi connectivity index (χ0v) is 23.5. The Morgan fingerprint density at radius 1 is 1.24 bits per heavy atom. The molecule has 0 spiro atoms. The van der Waals surface area contributed by atoms with Gasteiger partial charge in [-0.2, -0.15) is 0 Å². The Balaban J connectivity index is 1.11. The van der Waals surface area contributed by atoms with Gasteiger partial charge in [-0.15, -0.1) is 0 Å². The number of benzene rings is 2. The van der Waals surface area contributed by atoms with Gasteiger partial charge < -0.3 is 23.9 Å². The minimum atomic E-state index is -1.25. The summed E-state index contributed by atoms with van der Waals surface area (Å²) in [6.07, 6.45) is 4.04. The van der Waals surface area contributed by atoms with Gasteiger partial charge in [0.2, 0.25) is 5.01 Å². The van der Waals surface area contributed by atoms with Crippen molar-refractivity contribution in [1.82, 2.24) is 19.4 Å². The van der Waals surface area contributed by atoms with Gasteiger partial charge in [-0.1, -0.05) is 35.6 Å². The maximum Gasteiger partial charge on any atom is 0.365 e. The molecule has 5 heterocycles. The average Bonchev–Trinajstić information content (AvgIpc) is 3.57. The quantitative estimate of drug-likeness (QED) is 0.314. The number of ether oxygens (including phenoxy) is 3. The second-order valence-electron chi connectivity index (χ2n) is 10.9. The molecular formula is C30H29FN4O5S. The van der Waals surface area contributed by atoms with E-state index in [0.717, 1.165) is 59.9 Å². The highest BCUT2D eigenvalue weighted by Crippen LogP contribution is 2.49. The number of imidazole rings is 1. The fraction of sp³-hybridized carbons (Fsp3) is 0.367. The van der Waals surface area contributed by atoms with Crippen LogP contribution in [0.25, 0.3) is 16.1 Å². The number of hydrogen-bond acceptors (Lipinski definition) is 8. The van der Waals surface area contributed by atoms with E-state index in [1.54, 1.807) is 13.0 Å². The molecule has 2 aromatic heterocycles. The first-order valence-corrected chi connectivity index (χ1v) is 14.5. The van der Waals surface area contributed by atoms with Crippen molar-refractivity contribution >= 4 is 33.4 Å². The third kappa shape index (κ3) is 4.67. The summed E-state index contributed by atoms with van der Waals surface area (Å²) in [4.78, 5) is 23.5. The lowest BCUT2D eigenvalue weighted by atomic mass is 9.98. The SMILES string of the molecule is Cc1ccc([C@@]2(C)Oc3cccc(C4=CCN(Cc5nc6sc(C(=O)O)nc6n5C[C@@H]5CCO5)CC4)c3O2)c(F)c1. The van der Waals surface area contributed by atoms with E-state index >= 15 is 0 Å². The van der Waals surface area contributed by atoms with Crippen LogP contribution in [0.4, 0.5) is 4.39 Å². The molecule has 9 nitrogen and oxygen atoms in total. The van der Waals surface area contributed by atoms with Crippen LogP contribution in [0.3, 0.4) is 0 Å². The number of nitrogens with zero attached hydrogens (tertiary/aromatic N) is 4. The Bertz CT molecular complexity index is 1710.